The number of piperidine rings is 2. The van der Waals surface area contributed by atoms with Crippen LogP contribution in [0.5, 0.6) is 0 Å². The third-order valence-corrected chi connectivity index (χ3v) is 4.71. The van der Waals surface area contributed by atoms with Crippen LogP contribution in [0.1, 0.15) is 32.6 Å². The summed E-state index contributed by atoms with van der Waals surface area (Å²) in [5, 5.41) is 6.48. The Morgan fingerprint density at radius 1 is 1.29 bits per heavy atom. The summed E-state index contributed by atoms with van der Waals surface area (Å²) in [6.07, 6.45) is 3.44. The summed E-state index contributed by atoms with van der Waals surface area (Å²) in [6.45, 7) is 5.42. The maximum atomic E-state index is 12.5. The van der Waals surface area contributed by atoms with E-state index in [1.165, 1.54) is 7.11 Å². The number of amides is 2. The van der Waals surface area contributed by atoms with Gasteiger partial charge in [-0.25, -0.2) is 0 Å². The molecule has 0 unspecified atom stereocenters. The van der Waals surface area contributed by atoms with Gasteiger partial charge in [-0.05, 0) is 38.8 Å². The first-order valence-electron chi connectivity index (χ1n) is 7.83. The number of carbonyl (C=O) groups is 2. The molecule has 21 heavy (non-hydrogen) atoms. The van der Waals surface area contributed by atoms with E-state index in [1.54, 1.807) is 0 Å². The van der Waals surface area contributed by atoms with Crippen molar-refractivity contribution in [1.82, 2.24) is 15.5 Å². The van der Waals surface area contributed by atoms with Crippen LogP contribution in [0.3, 0.4) is 0 Å². The fourth-order valence-electron chi connectivity index (χ4n) is 3.05. The molecule has 2 heterocycles. The van der Waals surface area contributed by atoms with Gasteiger partial charge in [-0.15, -0.1) is 0 Å². The fraction of sp³-hybridized carbons (Fsp3) is 0.867. The summed E-state index contributed by atoms with van der Waals surface area (Å²) in [7, 11) is 1.53. The SMILES string of the molecule is COCC(=O)N1CCC(NC(=O)C2(C)CCNCC2)CC1. The lowest BCUT2D eigenvalue weighted by Crippen LogP contribution is -2.52. The van der Waals surface area contributed by atoms with Crippen molar-refractivity contribution in [2.75, 3.05) is 39.9 Å². The summed E-state index contributed by atoms with van der Waals surface area (Å²) in [5.41, 5.74) is -0.242. The van der Waals surface area contributed by atoms with E-state index in [0.717, 1.165) is 38.8 Å². The van der Waals surface area contributed by atoms with Gasteiger partial charge < -0.3 is 20.3 Å². The van der Waals surface area contributed by atoms with Crippen LogP contribution in [0.25, 0.3) is 0 Å². The number of methoxy groups -OCH3 is 1. The Hall–Kier alpha value is -1.14. The standard InChI is InChI=1S/C15H27N3O3/c1-15(5-7-16-8-6-15)14(20)17-12-3-9-18(10-4-12)13(19)11-21-2/h12,16H,3-11H2,1-2H3,(H,17,20). The second-order valence-electron chi connectivity index (χ2n) is 6.37. The van der Waals surface area contributed by atoms with Gasteiger partial charge >= 0.3 is 0 Å². The molecule has 120 valence electrons. The first kappa shape index (κ1) is 16.2. The van der Waals surface area contributed by atoms with Crippen LogP contribution < -0.4 is 10.6 Å². The molecule has 2 saturated heterocycles. The largest absolute Gasteiger partial charge is 0.375 e. The maximum Gasteiger partial charge on any atom is 0.248 e. The van der Waals surface area contributed by atoms with Gasteiger partial charge in [0.2, 0.25) is 11.8 Å². The van der Waals surface area contributed by atoms with Crippen LogP contribution in [0, 0.1) is 5.41 Å². The second kappa shape index (κ2) is 7.22. The van der Waals surface area contributed by atoms with Crippen molar-refractivity contribution in [3.63, 3.8) is 0 Å². The van der Waals surface area contributed by atoms with Gasteiger partial charge in [-0.1, -0.05) is 6.92 Å². The average Bonchev–Trinajstić information content (AvgIpc) is 2.49. The van der Waals surface area contributed by atoms with Crippen molar-refractivity contribution < 1.29 is 14.3 Å². The predicted molar refractivity (Wildman–Crippen MR) is 79.8 cm³/mol. The van der Waals surface area contributed by atoms with E-state index >= 15 is 0 Å². The van der Waals surface area contributed by atoms with Gasteiger partial charge in [0.15, 0.2) is 0 Å². The van der Waals surface area contributed by atoms with Crippen LogP contribution in [-0.4, -0.2) is 62.7 Å². The lowest BCUT2D eigenvalue weighted by atomic mass is 9.80. The van der Waals surface area contributed by atoms with Crippen LogP contribution in [-0.2, 0) is 14.3 Å². The first-order valence-corrected chi connectivity index (χ1v) is 7.83. The van der Waals surface area contributed by atoms with Crippen molar-refractivity contribution in [2.24, 2.45) is 5.41 Å². The highest BCUT2D eigenvalue weighted by Gasteiger charge is 2.36. The van der Waals surface area contributed by atoms with E-state index in [9.17, 15) is 9.59 Å². The molecule has 0 radical (unpaired) electrons. The number of ether oxygens (including phenoxy) is 1. The Labute approximate surface area is 126 Å². The zero-order valence-corrected chi connectivity index (χ0v) is 13.1. The van der Waals surface area contributed by atoms with Crippen LogP contribution in [0.4, 0.5) is 0 Å². The highest BCUT2D eigenvalue weighted by molar-refractivity contribution is 5.82. The fourth-order valence-corrected chi connectivity index (χ4v) is 3.05. The first-order chi connectivity index (χ1) is 10.0. The number of hydrogen-bond donors (Lipinski definition) is 2. The number of likely N-dealkylation sites (tertiary alicyclic amines) is 1. The van der Waals surface area contributed by atoms with Gasteiger partial charge in [-0.3, -0.25) is 9.59 Å². The number of nitrogens with one attached hydrogen (secondary N) is 2. The van der Waals surface area contributed by atoms with Gasteiger partial charge in [0, 0.05) is 31.7 Å². The van der Waals surface area contributed by atoms with Crippen molar-refractivity contribution in [3.8, 4) is 0 Å². The smallest absolute Gasteiger partial charge is 0.248 e. The van der Waals surface area contributed by atoms with Crippen molar-refractivity contribution >= 4 is 11.8 Å². The van der Waals surface area contributed by atoms with Crippen LogP contribution in [0.15, 0.2) is 0 Å². The Morgan fingerprint density at radius 3 is 2.48 bits per heavy atom. The molecule has 0 aromatic rings. The zero-order valence-electron chi connectivity index (χ0n) is 13.1. The Bertz CT molecular complexity index is 372. The molecule has 2 N–H and O–H groups in total. The predicted octanol–water partition coefficient (Wildman–Crippen LogP) is 0.130. The monoisotopic (exact) mass is 297 g/mol. The summed E-state index contributed by atoms with van der Waals surface area (Å²) in [6, 6.07) is 0.191. The molecule has 0 spiro atoms. The van der Waals surface area contributed by atoms with E-state index in [2.05, 4.69) is 17.6 Å². The second-order valence-corrected chi connectivity index (χ2v) is 6.37. The summed E-state index contributed by atoms with van der Waals surface area (Å²) in [4.78, 5) is 26.0. The number of hydrogen-bond acceptors (Lipinski definition) is 4. The van der Waals surface area contributed by atoms with Crippen molar-refractivity contribution in [2.45, 2.75) is 38.6 Å². The molecule has 2 aliphatic rings. The minimum Gasteiger partial charge on any atom is -0.375 e. The van der Waals surface area contributed by atoms with Gasteiger partial charge in [0.1, 0.15) is 6.61 Å². The highest BCUT2D eigenvalue weighted by atomic mass is 16.5. The van der Waals surface area contributed by atoms with E-state index in [0.29, 0.717) is 13.1 Å². The molecule has 0 aromatic carbocycles. The Kier molecular flexibility index (Phi) is 5.58. The van der Waals surface area contributed by atoms with E-state index in [4.69, 9.17) is 4.74 Å². The molecular formula is C15H27N3O3. The quantitative estimate of drug-likeness (QED) is 0.774. The van der Waals surface area contributed by atoms with E-state index in [-0.39, 0.29) is 29.9 Å². The van der Waals surface area contributed by atoms with Gasteiger partial charge in [-0.2, -0.15) is 0 Å². The molecule has 2 aliphatic heterocycles. The van der Waals surface area contributed by atoms with Crippen LogP contribution >= 0.6 is 0 Å². The highest BCUT2D eigenvalue weighted by Crippen LogP contribution is 2.28. The third-order valence-electron chi connectivity index (χ3n) is 4.71. The number of rotatable bonds is 4. The van der Waals surface area contributed by atoms with Crippen molar-refractivity contribution in [1.29, 1.82) is 0 Å². The van der Waals surface area contributed by atoms with E-state index < -0.39 is 0 Å². The van der Waals surface area contributed by atoms with Crippen molar-refractivity contribution in [3.05, 3.63) is 0 Å². The number of carbonyl (C=O) groups excluding carboxylic acids is 2. The molecule has 0 aromatic heterocycles. The molecule has 2 amide bonds. The molecule has 6 nitrogen and oxygen atoms in total. The number of nitrogens with zero attached hydrogens (tertiary/aromatic N) is 1. The minimum atomic E-state index is -0.242. The summed E-state index contributed by atoms with van der Waals surface area (Å²) in [5.74, 6) is 0.207. The van der Waals surface area contributed by atoms with Gasteiger partial charge in [0.25, 0.3) is 0 Å². The normalized spacial score (nSPS) is 22.9. The van der Waals surface area contributed by atoms with E-state index in [1.807, 2.05) is 4.90 Å². The molecule has 2 fully saturated rings. The lowest BCUT2D eigenvalue weighted by Gasteiger charge is -2.37. The minimum absolute atomic E-state index is 0.0348. The van der Waals surface area contributed by atoms with Gasteiger partial charge in [0.05, 0.1) is 0 Å². The summed E-state index contributed by atoms with van der Waals surface area (Å²) >= 11 is 0. The maximum absolute atomic E-state index is 12.5. The molecule has 0 atom stereocenters. The average molecular weight is 297 g/mol. The lowest BCUT2D eigenvalue weighted by molar-refractivity contribution is -0.136. The summed E-state index contributed by atoms with van der Waals surface area (Å²) < 4.78 is 4.87. The molecule has 2 rings (SSSR count). The molecule has 0 bridgehead atoms. The zero-order chi connectivity index (χ0) is 15.3. The third kappa shape index (κ3) is 4.17. The Balaban J connectivity index is 1.78. The Morgan fingerprint density at radius 2 is 1.90 bits per heavy atom. The molecular weight excluding hydrogens is 270 g/mol. The topological polar surface area (TPSA) is 70.7 Å². The molecule has 0 saturated carbocycles. The molecule has 6 heteroatoms. The molecule has 0 aliphatic carbocycles. The van der Waals surface area contributed by atoms with Crippen LogP contribution in [0.2, 0.25) is 0 Å².